The summed E-state index contributed by atoms with van der Waals surface area (Å²) < 4.78 is 13.3. The fraction of sp³-hybridized carbons (Fsp3) is 0.0909. The van der Waals surface area contributed by atoms with Crippen molar-refractivity contribution in [3.05, 3.63) is 45.6 Å². The van der Waals surface area contributed by atoms with Gasteiger partial charge in [-0.1, -0.05) is 11.6 Å². The standard InChI is InChI=1S/C11H8ClFN2S/c1-6-4-10(15-11(16)14-6)8-3-2-7(13)5-9(8)12/h2-5H,1H3,(H,14,15,16). The predicted octanol–water partition coefficient (Wildman–Crippen LogP) is 3.91. The van der Waals surface area contributed by atoms with E-state index in [2.05, 4.69) is 9.97 Å². The second kappa shape index (κ2) is 4.31. The van der Waals surface area contributed by atoms with Crippen LogP contribution in [0.5, 0.6) is 0 Å². The molecule has 2 aromatic rings. The molecule has 0 radical (unpaired) electrons. The van der Waals surface area contributed by atoms with Crippen molar-refractivity contribution >= 4 is 23.8 Å². The molecular weight excluding hydrogens is 247 g/mol. The van der Waals surface area contributed by atoms with Crippen LogP contribution in [0.15, 0.2) is 24.3 Å². The molecule has 0 spiro atoms. The Morgan fingerprint density at radius 2 is 2.12 bits per heavy atom. The summed E-state index contributed by atoms with van der Waals surface area (Å²) in [4.78, 5) is 7.04. The van der Waals surface area contributed by atoms with Gasteiger partial charge in [-0.05, 0) is 43.4 Å². The molecule has 1 N–H and O–H groups in total. The maximum Gasteiger partial charge on any atom is 0.197 e. The second-order valence-electron chi connectivity index (χ2n) is 3.38. The van der Waals surface area contributed by atoms with Crippen LogP contribution >= 0.6 is 23.8 Å². The number of nitrogens with one attached hydrogen (secondary N) is 1. The van der Waals surface area contributed by atoms with Gasteiger partial charge in [-0.3, -0.25) is 0 Å². The van der Waals surface area contributed by atoms with Gasteiger partial charge < -0.3 is 4.98 Å². The van der Waals surface area contributed by atoms with Crippen LogP contribution in [0.3, 0.4) is 0 Å². The lowest BCUT2D eigenvalue weighted by Crippen LogP contribution is -1.91. The Kier molecular flexibility index (Phi) is 3.03. The molecule has 2 nitrogen and oxygen atoms in total. The van der Waals surface area contributed by atoms with E-state index in [1.165, 1.54) is 12.1 Å². The van der Waals surface area contributed by atoms with Crippen molar-refractivity contribution < 1.29 is 4.39 Å². The van der Waals surface area contributed by atoms with Crippen LogP contribution in [-0.4, -0.2) is 9.97 Å². The summed E-state index contributed by atoms with van der Waals surface area (Å²) in [5, 5.41) is 0.326. The first-order chi connectivity index (χ1) is 7.56. The molecular formula is C11H8ClFN2S. The third-order valence-corrected chi connectivity index (χ3v) is 2.59. The lowest BCUT2D eigenvalue weighted by atomic mass is 10.1. The molecule has 82 valence electrons. The van der Waals surface area contributed by atoms with Gasteiger partial charge in [-0.15, -0.1) is 0 Å². The zero-order valence-electron chi connectivity index (χ0n) is 8.42. The van der Waals surface area contributed by atoms with E-state index in [9.17, 15) is 4.39 Å². The molecule has 0 atom stereocenters. The highest BCUT2D eigenvalue weighted by atomic mass is 35.5. The zero-order valence-corrected chi connectivity index (χ0v) is 9.99. The Bertz CT molecular complexity index is 595. The van der Waals surface area contributed by atoms with Crippen molar-refractivity contribution in [3.8, 4) is 11.3 Å². The van der Waals surface area contributed by atoms with E-state index in [1.807, 2.05) is 13.0 Å². The van der Waals surface area contributed by atoms with Gasteiger partial charge in [0.05, 0.1) is 10.7 Å². The fourth-order valence-corrected chi connectivity index (χ4v) is 1.94. The molecule has 1 aromatic carbocycles. The number of nitrogens with zero attached hydrogens (tertiary/aromatic N) is 1. The number of halogens is 2. The molecule has 0 unspecified atom stereocenters. The minimum atomic E-state index is -0.369. The number of aromatic nitrogens is 2. The summed E-state index contributed by atoms with van der Waals surface area (Å²) in [6.07, 6.45) is 0. The lowest BCUT2D eigenvalue weighted by molar-refractivity contribution is 0.628. The first-order valence-corrected chi connectivity index (χ1v) is 5.38. The van der Waals surface area contributed by atoms with Crippen molar-refractivity contribution in [2.45, 2.75) is 6.92 Å². The van der Waals surface area contributed by atoms with Crippen LogP contribution < -0.4 is 0 Å². The number of rotatable bonds is 1. The van der Waals surface area contributed by atoms with E-state index in [0.29, 0.717) is 21.1 Å². The largest absolute Gasteiger partial charge is 0.335 e. The number of hydrogen-bond acceptors (Lipinski definition) is 2. The number of benzene rings is 1. The first kappa shape index (κ1) is 11.2. The van der Waals surface area contributed by atoms with E-state index in [-0.39, 0.29) is 5.82 Å². The summed E-state index contributed by atoms with van der Waals surface area (Å²) in [6, 6.07) is 6.01. The van der Waals surface area contributed by atoms with E-state index in [0.717, 1.165) is 5.69 Å². The van der Waals surface area contributed by atoms with E-state index in [4.69, 9.17) is 23.8 Å². The van der Waals surface area contributed by atoms with Crippen molar-refractivity contribution in [2.24, 2.45) is 0 Å². The molecule has 16 heavy (non-hydrogen) atoms. The van der Waals surface area contributed by atoms with Crippen LogP contribution in [0, 0.1) is 17.5 Å². The van der Waals surface area contributed by atoms with E-state index in [1.54, 1.807) is 6.07 Å². The molecule has 0 bridgehead atoms. The topological polar surface area (TPSA) is 28.7 Å². The molecule has 0 saturated heterocycles. The van der Waals surface area contributed by atoms with Gasteiger partial charge in [0.1, 0.15) is 5.82 Å². The molecule has 1 heterocycles. The second-order valence-corrected chi connectivity index (χ2v) is 4.17. The molecule has 0 aliphatic carbocycles. The summed E-state index contributed by atoms with van der Waals surface area (Å²) in [5.41, 5.74) is 2.20. The van der Waals surface area contributed by atoms with Crippen molar-refractivity contribution in [1.82, 2.24) is 9.97 Å². The van der Waals surface area contributed by atoms with Gasteiger partial charge in [-0.25, -0.2) is 9.37 Å². The Morgan fingerprint density at radius 3 is 2.75 bits per heavy atom. The monoisotopic (exact) mass is 254 g/mol. The minimum absolute atomic E-state index is 0.326. The maximum absolute atomic E-state index is 12.9. The van der Waals surface area contributed by atoms with Crippen LogP contribution in [0.1, 0.15) is 5.69 Å². The van der Waals surface area contributed by atoms with Crippen LogP contribution in [0.4, 0.5) is 4.39 Å². The van der Waals surface area contributed by atoms with Crippen molar-refractivity contribution in [3.63, 3.8) is 0 Å². The Balaban J connectivity index is 2.63. The van der Waals surface area contributed by atoms with Crippen molar-refractivity contribution in [1.29, 1.82) is 0 Å². The van der Waals surface area contributed by atoms with Gasteiger partial charge in [0, 0.05) is 11.3 Å². The average Bonchev–Trinajstić information content (AvgIpc) is 2.15. The molecule has 0 aliphatic rings. The number of hydrogen-bond donors (Lipinski definition) is 1. The summed E-state index contributed by atoms with van der Waals surface area (Å²) in [5.74, 6) is -0.369. The highest BCUT2D eigenvalue weighted by Gasteiger charge is 2.06. The third-order valence-electron chi connectivity index (χ3n) is 2.09. The third kappa shape index (κ3) is 2.28. The molecule has 0 aliphatic heterocycles. The van der Waals surface area contributed by atoms with Crippen LogP contribution in [0.25, 0.3) is 11.3 Å². The van der Waals surface area contributed by atoms with Crippen molar-refractivity contribution in [2.75, 3.05) is 0 Å². The molecule has 0 amide bonds. The Hall–Kier alpha value is -1.26. The quantitative estimate of drug-likeness (QED) is 0.782. The smallest absolute Gasteiger partial charge is 0.197 e. The number of H-pyrrole nitrogens is 1. The van der Waals surface area contributed by atoms with E-state index >= 15 is 0 Å². The molecule has 5 heteroatoms. The summed E-state index contributed by atoms with van der Waals surface area (Å²) >= 11 is 10.9. The molecule has 1 aromatic heterocycles. The predicted molar refractivity (Wildman–Crippen MR) is 64.6 cm³/mol. The van der Waals surface area contributed by atoms with Gasteiger partial charge in [-0.2, -0.15) is 0 Å². The molecule has 0 saturated carbocycles. The summed E-state index contributed by atoms with van der Waals surface area (Å²) in [7, 11) is 0. The zero-order chi connectivity index (χ0) is 11.7. The van der Waals surface area contributed by atoms with Crippen LogP contribution in [0.2, 0.25) is 5.02 Å². The highest BCUT2D eigenvalue weighted by Crippen LogP contribution is 2.26. The average molecular weight is 255 g/mol. The maximum atomic E-state index is 12.9. The molecule has 2 rings (SSSR count). The van der Waals surface area contributed by atoms with Gasteiger partial charge in [0.15, 0.2) is 4.77 Å². The molecule has 0 fully saturated rings. The Morgan fingerprint density at radius 1 is 1.38 bits per heavy atom. The first-order valence-electron chi connectivity index (χ1n) is 4.59. The van der Waals surface area contributed by atoms with Gasteiger partial charge in [0.2, 0.25) is 0 Å². The SMILES string of the molecule is Cc1cc(-c2ccc(F)cc2Cl)nc(=S)[nH]1. The minimum Gasteiger partial charge on any atom is -0.335 e. The van der Waals surface area contributed by atoms with Gasteiger partial charge >= 0.3 is 0 Å². The summed E-state index contributed by atoms with van der Waals surface area (Å²) in [6.45, 7) is 1.87. The number of aryl methyl sites for hydroxylation is 1. The Labute approximate surface area is 102 Å². The fourth-order valence-electron chi connectivity index (χ4n) is 1.41. The highest BCUT2D eigenvalue weighted by molar-refractivity contribution is 7.71. The van der Waals surface area contributed by atoms with Crippen LogP contribution in [-0.2, 0) is 0 Å². The van der Waals surface area contributed by atoms with E-state index < -0.39 is 0 Å². The number of aromatic amines is 1. The normalized spacial score (nSPS) is 10.4. The lowest BCUT2D eigenvalue weighted by Gasteiger charge is -2.04. The van der Waals surface area contributed by atoms with Gasteiger partial charge in [0.25, 0.3) is 0 Å².